The van der Waals surface area contributed by atoms with E-state index in [2.05, 4.69) is 36.4 Å². The molecule has 1 heterocycles. The Kier molecular flexibility index (Phi) is 5.10. The molecule has 0 radical (unpaired) electrons. The molecule has 4 heteroatoms. The van der Waals surface area contributed by atoms with Gasteiger partial charge >= 0.3 is 5.97 Å². The number of carbonyl (C=O) groups excluding carboxylic acids is 2. The van der Waals surface area contributed by atoms with Crippen molar-refractivity contribution in [2.45, 2.75) is 6.54 Å². The molecule has 4 rings (SSSR count). The van der Waals surface area contributed by atoms with E-state index in [9.17, 15) is 9.59 Å². The van der Waals surface area contributed by atoms with Crippen molar-refractivity contribution in [3.8, 4) is 11.1 Å². The van der Waals surface area contributed by atoms with Gasteiger partial charge in [-0.1, -0.05) is 60.7 Å². The van der Waals surface area contributed by atoms with Gasteiger partial charge in [-0.15, -0.1) is 0 Å². The van der Waals surface area contributed by atoms with Gasteiger partial charge in [0.2, 0.25) is 0 Å². The molecule has 4 nitrogen and oxygen atoms in total. The van der Waals surface area contributed by atoms with Gasteiger partial charge in [0.15, 0.2) is 5.94 Å². The number of benzene rings is 3. The number of esters is 1. The molecule has 0 spiro atoms. The van der Waals surface area contributed by atoms with Gasteiger partial charge in [-0.25, -0.2) is 9.59 Å². The molecule has 0 saturated carbocycles. The lowest BCUT2D eigenvalue weighted by molar-refractivity contribution is -0.135. The average molecular weight is 381 g/mol. The highest BCUT2D eigenvalue weighted by Crippen LogP contribution is 2.30. The van der Waals surface area contributed by atoms with Crippen molar-refractivity contribution in [1.82, 2.24) is 4.90 Å². The van der Waals surface area contributed by atoms with E-state index in [-0.39, 0.29) is 11.3 Å². The topological polar surface area (TPSA) is 46.6 Å². The second-order valence-corrected chi connectivity index (χ2v) is 6.71. The van der Waals surface area contributed by atoms with Gasteiger partial charge in [0, 0.05) is 12.7 Å². The smallest absolute Gasteiger partial charge is 0.340 e. The summed E-state index contributed by atoms with van der Waals surface area (Å²) in [6, 6.07) is 22.7. The van der Waals surface area contributed by atoms with Crippen LogP contribution >= 0.6 is 0 Å². The Morgan fingerprint density at radius 2 is 1.76 bits per heavy atom. The van der Waals surface area contributed by atoms with Crippen molar-refractivity contribution in [2.24, 2.45) is 0 Å². The molecule has 142 valence electrons. The van der Waals surface area contributed by atoms with E-state index < -0.39 is 5.97 Å². The third-order valence-corrected chi connectivity index (χ3v) is 4.99. The van der Waals surface area contributed by atoms with Crippen LogP contribution in [0.3, 0.4) is 0 Å². The molecule has 1 aliphatic rings. The number of hydrogen-bond acceptors (Lipinski definition) is 4. The zero-order valence-electron chi connectivity index (χ0n) is 16.0. The number of nitrogens with zero attached hydrogens (tertiary/aromatic N) is 1. The number of fused-ring (bicyclic) bond motifs is 1. The minimum absolute atomic E-state index is 0.174. The van der Waals surface area contributed by atoms with Crippen LogP contribution in [0.1, 0.15) is 5.56 Å². The quantitative estimate of drug-likeness (QED) is 0.487. The molecular formula is C25H19NO3. The van der Waals surface area contributed by atoms with E-state index in [0.29, 0.717) is 6.54 Å². The second-order valence-electron chi connectivity index (χ2n) is 6.71. The van der Waals surface area contributed by atoms with E-state index in [4.69, 9.17) is 4.74 Å². The first-order valence-electron chi connectivity index (χ1n) is 9.27. The molecule has 0 unspecified atom stereocenters. The maximum Gasteiger partial charge on any atom is 0.340 e. The second kappa shape index (κ2) is 8.01. The van der Waals surface area contributed by atoms with Crippen LogP contribution in [0.4, 0.5) is 0 Å². The summed E-state index contributed by atoms with van der Waals surface area (Å²) in [6.45, 7) is 0.429. The van der Waals surface area contributed by atoms with Crippen molar-refractivity contribution in [2.75, 3.05) is 7.11 Å². The fourth-order valence-electron chi connectivity index (χ4n) is 3.55. The number of methoxy groups -OCH3 is 1. The van der Waals surface area contributed by atoms with Crippen molar-refractivity contribution in [3.63, 3.8) is 0 Å². The molecule has 0 aromatic heterocycles. The van der Waals surface area contributed by atoms with Crippen LogP contribution in [-0.2, 0) is 20.9 Å². The van der Waals surface area contributed by atoms with Crippen molar-refractivity contribution in [3.05, 3.63) is 102 Å². The fraction of sp³-hybridized carbons (Fsp3) is 0.0800. The Bertz CT molecular complexity index is 1200. The lowest BCUT2D eigenvalue weighted by Crippen LogP contribution is -2.24. The minimum atomic E-state index is -0.555. The third-order valence-electron chi connectivity index (χ3n) is 4.99. The van der Waals surface area contributed by atoms with Crippen LogP contribution < -0.4 is 0 Å². The lowest BCUT2D eigenvalue weighted by Gasteiger charge is -2.25. The fourth-order valence-corrected chi connectivity index (χ4v) is 3.55. The molecule has 0 bridgehead atoms. The Hall–Kier alpha value is -3.88. The summed E-state index contributed by atoms with van der Waals surface area (Å²) in [4.78, 5) is 25.3. The number of hydrogen-bond donors (Lipinski definition) is 0. The summed E-state index contributed by atoms with van der Waals surface area (Å²) >= 11 is 0. The van der Waals surface area contributed by atoms with Crippen molar-refractivity contribution in [1.29, 1.82) is 0 Å². The normalized spacial score (nSPS) is 13.2. The first-order chi connectivity index (χ1) is 14.2. The molecule has 0 fully saturated rings. The first kappa shape index (κ1) is 18.5. The minimum Gasteiger partial charge on any atom is -0.465 e. The molecule has 0 N–H and O–H groups in total. The Morgan fingerprint density at radius 3 is 2.55 bits per heavy atom. The van der Waals surface area contributed by atoms with Gasteiger partial charge in [0.1, 0.15) is 5.70 Å². The van der Waals surface area contributed by atoms with Gasteiger partial charge in [-0.05, 0) is 45.7 Å². The van der Waals surface area contributed by atoms with Crippen LogP contribution in [-0.4, -0.2) is 23.9 Å². The lowest BCUT2D eigenvalue weighted by atomic mass is 9.96. The molecule has 0 saturated heterocycles. The molecule has 0 amide bonds. The maximum atomic E-state index is 12.0. The third kappa shape index (κ3) is 3.62. The van der Waals surface area contributed by atoms with Crippen LogP contribution in [0.25, 0.3) is 21.9 Å². The van der Waals surface area contributed by atoms with Gasteiger partial charge in [0.25, 0.3) is 0 Å². The van der Waals surface area contributed by atoms with Gasteiger partial charge in [-0.3, -0.25) is 0 Å². The van der Waals surface area contributed by atoms with E-state index in [1.807, 2.05) is 36.3 Å². The predicted octanol–water partition coefficient (Wildman–Crippen LogP) is 4.65. The Balaban J connectivity index is 1.70. The summed E-state index contributed by atoms with van der Waals surface area (Å²) in [5.41, 5.74) is 3.58. The monoisotopic (exact) mass is 381 g/mol. The van der Waals surface area contributed by atoms with Crippen molar-refractivity contribution < 1.29 is 14.3 Å². The van der Waals surface area contributed by atoms with Crippen LogP contribution in [0.5, 0.6) is 0 Å². The van der Waals surface area contributed by atoms with E-state index in [1.54, 1.807) is 23.3 Å². The molecular weight excluding hydrogens is 362 g/mol. The summed E-state index contributed by atoms with van der Waals surface area (Å²) in [5.74, 6) is 1.34. The number of allylic oxidation sites excluding steroid dienone is 2. The molecule has 1 aliphatic heterocycles. The van der Waals surface area contributed by atoms with Crippen LogP contribution in [0.2, 0.25) is 0 Å². The van der Waals surface area contributed by atoms with E-state index >= 15 is 0 Å². The zero-order valence-corrected chi connectivity index (χ0v) is 16.0. The van der Waals surface area contributed by atoms with E-state index in [0.717, 1.165) is 16.7 Å². The summed E-state index contributed by atoms with van der Waals surface area (Å²) in [6.07, 6.45) is 5.06. The standard InChI is InChI=1S/C25H19NO3/c1-29-25(28)23-11-6-14-26(24(23)17-27)16-21-9-4-5-10-22(21)20-13-12-18-7-2-3-8-19(18)15-20/h2-15H,16H2,1H3. The predicted molar refractivity (Wildman–Crippen MR) is 113 cm³/mol. The SMILES string of the molecule is COC(=O)C1=CC=CN(Cc2ccccc2-c2ccc3ccccc3c2)C1=C=O. The summed E-state index contributed by atoms with van der Waals surface area (Å²) in [7, 11) is 1.29. The highest BCUT2D eigenvalue weighted by Gasteiger charge is 2.23. The molecule has 3 aromatic carbocycles. The van der Waals surface area contributed by atoms with Crippen LogP contribution in [0, 0.1) is 0 Å². The van der Waals surface area contributed by atoms with Gasteiger partial charge in [-0.2, -0.15) is 0 Å². The summed E-state index contributed by atoms with van der Waals surface area (Å²) < 4.78 is 4.79. The maximum absolute atomic E-state index is 12.0. The highest BCUT2D eigenvalue weighted by molar-refractivity contribution is 5.97. The zero-order chi connectivity index (χ0) is 20.2. The molecule has 0 aliphatic carbocycles. The Labute approximate surface area is 169 Å². The number of carbonyl (C=O) groups is 1. The number of ether oxygens (including phenoxy) is 1. The summed E-state index contributed by atoms with van der Waals surface area (Å²) in [5, 5.41) is 2.36. The highest BCUT2D eigenvalue weighted by atomic mass is 16.5. The van der Waals surface area contributed by atoms with Gasteiger partial charge < -0.3 is 9.64 Å². The largest absolute Gasteiger partial charge is 0.465 e. The molecule has 0 atom stereocenters. The van der Waals surface area contributed by atoms with Crippen molar-refractivity contribution >= 4 is 22.7 Å². The molecule has 3 aromatic rings. The van der Waals surface area contributed by atoms with E-state index in [1.165, 1.54) is 17.9 Å². The Morgan fingerprint density at radius 1 is 1.00 bits per heavy atom. The van der Waals surface area contributed by atoms with Gasteiger partial charge in [0.05, 0.1) is 12.7 Å². The number of rotatable bonds is 4. The average Bonchev–Trinajstić information content (AvgIpc) is 2.78. The molecule has 29 heavy (non-hydrogen) atoms. The first-order valence-corrected chi connectivity index (χ1v) is 9.27. The van der Waals surface area contributed by atoms with Crippen LogP contribution in [0.15, 0.2) is 96.4 Å².